The zero-order valence-corrected chi connectivity index (χ0v) is 15.3. The SMILES string of the molecule is O=C(Nc1nc2c(s1)CN(C(=O)c1ccc([N+](=O)[O-])o1)CC2)c1ccsc1. The van der Waals surface area contributed by atoms with Gasteiger partial charge in [0, 0.05) is 23.2 Å². The molecule has 1 aliphatic rings. The number of hydrogen-bond donors (Lipinski definition) is 1. The van der Waals surface area contributed by atoms with Crippen molar-refractivity contribution in [3.63, 3.8) is 0 Å². The summed E-state index contributed by atoms with van der Waals surface area (Å²) in [6.45, 7) is 0.733. The number of rotatable bonds is 4. The first-order valence-electron chi connectivity index (χ1n) is 7.87. The molecule has 9 nitrogen and oxygen atoms in total. The van der Waals surface area contributed by atoms with Gasteiger partial charge >= 0.3 is 5.88 Å². The largest absolute Gasteiger partial charge is 0.433 e. The van der Waals surface area contributed by atoms with Gasteiger partial charge in [0.15, 0.2) is 10.9 Å². The molecule has 2 amide bonds. The fraction of sp³-hybridized carbons (Fsp3) is 0.188. The van der Waals surface area contributed by atoms with Gasteiger partial charge in [-0.05, 0) is 17.5 Å². The van der Waals surface area contributed by atoms with Crippen molar-refractivity contribution in [2.45, 2.75) is 13.0 Å². The summed E-state index contributed by atoms with van der Waals surface area (Å²) in [6.07, 6.45) is 0.536. The number of hydrogen-bond acceptors (Lipinski definition) is 8. The van der Waals surface area contributed by atoms with Crippen molar-refractivity contribution < 1.29 is 18.9 Å². The van der Waals surface area contributed by atoms with E-state index in [0.29, 0.717) is 30.2 Å². The van der Waals surface area contributed by atoms with Crippen molar-refractivity contribution in [3.8, 4) is 0 Å². The maximum absolute atomic E-state index is 12.5. The smallest absolute Gasteiger partial charge is 0.395 e. The van der Waals surface area contributed by atoms with Crippen LogP contribution in [0.15, 0.2) is 33.4 Å². The van der Waals surface area contributed by atoms with Gasteiger partial charge in [0.2, 0.25) is 0 Å². The van der Waals surface area contributed by atoms with Crippen LogP contribution in [0, 0.1) is 10.1 Å². The molecule has 0 spiro atoms. The Morgan fingerprint density at radius 1 is 1.33 bits per heavy atom. The van der Waals surface area contributed by atoms with Gasteiger partial charge < -0.3 is 9.32 Å². The number of thiophene rings is 1. The third kappa shape index (κ3) is 3.46. The van der Waals surface area contributed by atoms with Crippen LogP contribution in [0.5, 0.6) is 0 Å². The highest BCUT2D eigenvalue weighted by molar-refractivity contribution is 7.16. The molecule has 0 bridgehead atoms. The number of carbonyl (C=O) groups is 2. The molecule has 3 aromatic heterocycles. The molecule has 0 fully saturated rings. The highest BCUT2D eigenvalue weighted by Crippen LogP contribution is 2.30. The van der Waals surface area contributed by atoms with Gasteiger partial charge in [-0.1, -0.05) is 11.3 Å². The molecule has 0 unspecified atom stereocenters. The number of nitrogens with one attached hydrogen (secondary N) is 1. The van der Waals surface area contributed by atoms with E-state index in [4.69, 9.17) is 4.42 Å². The van der Waals surface area contributed by atoms with Gasteiger partial charge in [-0.15, -0.1) is 0 Å². The predicted molar refractivity (Wildman–Crippen MR) is 98.2 cm³/mol. The van der Waals surface area contributed by atoms with Crippen molar-refractivity contribution in [2.24, 2.45) is 0 Å². The molecule has 0 radical (unpaired) electrons. The maximum atomic E-state index is 12.5. The average molecular weight is 404 g/mol. The van der Waals surface area contributed by atoms with Crippen LogP contribution in [-0.4, -0.2) is 33.2 Å². The van der Waals surface area contributed by atoms with E-state index in [9.17, 15) is 19.7 Å². The van der Waals surface area contributed by atoms with Gasteiger partial charge in [-0.3, -0.25) is 25.0 Å². The predicted octanol–water partition coefficient (Wildman–Crippen LogP) is 3.16. The summed E-state index contributed by atoms with van der Waals surface area (Å²) in [7, 11) is 0. The Morgan fingerprint density at radius 3 is 2.89 bits per heavy atom. The Bertz CT molecular complexity index is 1020. The fourth-order valence-corrected chi connectivity index (χ4v) is 4.34. The number of nitrogens with zero attached hydrogens (tertiary/aromatic N) is 3. The average Bonchev–Trinajstić information content (AvgIpc) is 3.39. The summed E-state index contributed by atoms with van der Waals surface area (Å²) in [6, 6.07) is 4.19. The molecule has 1 N–H and O–H groups in total. The molecule has 1 aliphatic heterocycles. The number of furan rings is 1. The van der Waals surface area contributed by atoms with Crippen LogP contribution in [0.1, 0.15) is 31.5 Å². The quantitative estimate of drug-likeness (QED) is 0.527. The van der Waals surface area contributed by atoms with E-state index in [-0.39, 0.29) is 11.7 Å². The van der Waals surface area contributed by atoms with Crippen LogP contribution in [0.3, 0.4) is 0 Å². The summed E-state index contributed by atoms with van der Waals surface area (Å²) in [5.74, 6) is -1.17. The van der Waals surface area contributed by atoms with E-state index in [0.717, 1.165) is 16.6 Å². The molecular formula is C16H12N4O5S2. The van der Waals surface area contributed by atoms with Gasteiger partial charge in [0.1, 0.15) is 4.92 Å². The molecule has 0 saturated heterocycles. The Hall–Kier alpha value is -3.05. The highest BCUT2D eigenvalue weighted by Gasteiger charge is 2.28. The van der Waals surface area contributed by atoms with E-state index in [1.54, 1.807) is 16.3 Å². The Kier molecular flexibility index (Phi) is 4.46. The van der Waals surface area contributed by atoms with Gasteiger partial charge in [-0.2, -0.15) is 11.3 Å². The van der Waals surface area contributed by atoms with E-state index in [1.165, 1.54) is 28.7 Å². The minimum Gasteiger partial charge on any atom is -0.395 e. The lowest BCUT2D eigenvalue weighted by molar-refractivity contribution is -0.402. The molecule has 0 atom stereocenters. The highest BCUT2D eigenvalue weighted by atomic mass is 32.1. The second-order valence-electron chi connectivity index (χ2n) is 5.73. The molecule has 0 saturated carbocycles. The van der Waals surface area contributed by atoms with Crippen molar-refractivity contribution in [1.82, 2.24) is 9.88 Å². The number of aromatic nitrogens is 1. The fourth-order valence-electron chi connectivity index (χ4n) is 2.68. The van der Waals surface area contributed by atoms with Crippen LogP contribution in [-0.2, 0) is 13.0 Å². The first-order valence-corrected chi connectivity index (χ1v) is 9.63. The van der Waals surface area contributed by atoms with Crippen molar-refractivity contribution in [1.29, 1.82) is 0 Å². The number of carbonyl (C=O) groups excluding carboxylic acids is 2. The van der Waals surface area contributed by atoms with Gasteiger partial charge in [0.05, 0.1) is 23.9 Å². The Balaban J connectivity index is 1.46. The summed E-state index contributed by atoms with van der Waals surface area (Å²) in [5.41, 5.74) is 1.42. The minimum absolute atomic E-state index is 0.0688. The van der Waals surface area contributed by atoms with Gasteiger partial charge in [0.25, 0.3) is 11.8 Å². The summed E-state index contributed by atoms with van der Waals surface area (Å²) in [4.78, 5) is 41.5. The normalized spacial score (nSPS) is 13.3. The molecule has 138 valence electrons. The molecular weight excluding hydrogens is 392 g/mol. The molecule has 0 aromatic carbocycles. The van der Waals surface area contributed by atoms with Crippen LogP contribution in [0.25, 0.3) is 0 Å². The van der Waals surface area contributed by atoms with E-state index >= 15 is 0 Å². The minimum atomic E-state index is -0.684. The van der Waals surface area contributed by atoms with E-state index in [2.05, 4.69) is 10.3 Å². The zero-order valence-electron chi connectivity index (χ0n) is 13.7. The standard InChI is InChI=1S/C16H12N4O5S2/c21-14(9-4-6-26-8-9)18-16-17-10-3-5-19(7-12(10)27-16)15(22)11-1-2-13(25-11)20(23)24/h1-2,4,6,8H,3,5,7H2,(H,17,18,21). The summed E-state index contributed by atoms with van der Waals surface area (Å²) in [5, 5.41) is 17.5. The number of anilines is 1. The number of amides is 2. The third-order valence-electron chi connectivity index (χ3n) is 4.00. The molecule has 4 rings (SSSR count). The molecule has 27 heavy (non-hydrogen) atoms. The summed E-state index contributed by atoms with van der Waals surface area (Å²) < 4.78 is 4.99. The lowest BCUT2D eigenvalue weighted by atomic mass is 10.1. The first-order chi connectivity index (χ1) is 13.0. The van der Waals surface area contributed by atoms with E-state index in [1.807, 2.05) is 5.38 Å². The Morgan fingerprint density at radius 2 is 2.19 bits per heavy atom. The number of nitro groups is 1. The van der Waals surface area contributed by atoms with E-state index < -0.39 is 16.7 Å². The number of thiazole rings is 1. The second-order valence-corrected chi connectivity index (χ2v) is 7.59. The topological polar surface area (TPSA) is 119 Å². The van der Waals surface area contributed by atoms with Crippen molar-refractivity contribution >= 4 is 45.5 Å². The lowest BCUT2D eigenvalue weighted by Gasteiger charge is -2.24. The monoisotopic (exact) mass is 404 g/mol. The number of fused-ring (bicyclic) bond motifs is 1. The second kappa shape index (κ2) is 6.93. The molecule has 3 aromatic rings. The maximum Gasteiger partial charge on any atom is 0.433 e. The van der Waals surface area contributed by atoms with Crippen molar-refractivity contribution in [3.05, 3.63) is 61.0 Å². The van der Waals surface area contributed by atoms with Crippen LogP contribution in [0.4, 0.5) is 11.0 Å². The Labute approximate surface area is 160 Å². The van der Waals surface area contributed by atoms with Gasteiger partial charge in [-0.25, -0.2) is 4.98 Å². The van der Waals surface area contributed by atoms with Crippen molar-refractivity contribution in [2.75, 3.05) is 11.9 Å². The van der Waals surface area contributed by atoms with Crippen LogP contribution in [0.2, 0.25) is 0 Å². The first kappa shape index (κ1) is 17.4. The summed E-state index contributed by atoms with van der Waals surface area (Å²) >= 11 is 2.75. The third-order valence-corrected chi connectivity index (χ3v) is 5.69. The molecule has 11 heteroatoms. The molecule has 0 aliphatic carbocycles. The van der Waals surface area contributed by atoms with Crippen LogP contribution < -0.4 is 5.32 Å². The van der Waals surface area contributed by atoms with Crippen LogP contribution >= 0.6 is 22.7 Å². The lowest BCUT2D eigenvalue weighted by Crippen LogP contribution is -2.35. The molecule has 4 heterocycles. The zero-order chi connectivity index (χ0) is 19.0.